The number of nitrogens with one attached hydrogen (secondary N) is 1. The Morgan fingerprint density at radius 3 is 2.57 bits per heavy atom. The molecule has 3 rings (SSSR count). The Balaban J connectivity index is 1.93. The lowest BCUT2D eigenvalue weighted by molar-refractivity contribution is -0.116. The summed E-state index contributed by atoms with van der Waals surface area (Å²) in [5, 5.41) is 7.41. The average Bonchev–Trinajstić information content (AvgIpc) is 2.98. The Kier molecular flexibility index (Phi) is 5.87. The molecule has 2 aromatic heterocycles. The van der Waals surface area contributed by atoms with Gasteiger partial charge in [-0.3, -0.25) is 18.8 Å². The summed E-state index contributed by atoms with van der Waals surface area (Å²) in [4.78, 5) is 24.7. The second-order valence-corrected chi connectivity index (χ2v) is 6.56. The summed E-state index contributed by atoms with van der Waals surface area (Å²) in [5.41, 5.74) is 0.540. The van der Waals surface area contributed by atoms with Gasteiger partial charge in [0.05, 0.1) is 0 Å². The standard InChI is InChI=1S/C20H22F2N4O2/c1-3-10-26-13(2)18-15(19(21)22)12-17(28)25(20(18)24-26)11-9-16(27)23-14-7-5-4-6-8-14/h4-8,12,19H,3,9-11H2,1-2H3,(H,23,27). The first-order valence-electron chi connectivity index (χ1n) is 9.16. The summed E-state index contributed by atoms with van der Waals surface area (Å²) in [7, 11) is 0. The van der Waals surface area contributed by atoms with Crippen molar-refractivity contribution in [3.05, 3.63) is 58.0 Å². The molecule has 1 aromatic carbocycles. The topological polar surface area (TPSA) is 68.9 Å². The molecule has 3 aromatic rings. The number of fused-ring (bicyclic) bond motifs is 1. The summed E-state index contributed by atoms with van der Waals surface area (Å²) >= 11 is 0. The Hall–Kier alpha value is -3.03. The first-order chi connectivity index (χ1) is 13.4. The molecule has 0 atom stereocenters. The molecule has 28 heavy (non-hydrogen) atoms. The number of hydrogen-bond acceptors (Lipinski definition) is 3. The van der Waals surface area contributed by atoms with Gasteiger partial charge in [-0.25, -0.2) is 8.78 Å². The molecule has 0 spiro atoms. The first kappa shape index (κ1) is 19.7. The van der Waals surface area contributed by atoms with Gasteiger partial charge in [0.15, 0.2) is 5.65 Å². The minimum Gasteiger partial charge on any atom is -0.326 e. The minimum absolute atomic E-state index is 0.0254. The zero-order valence-electron chi connectivity index (χ0n) is 15.8. The zero-order valence-corrected chi connectivity index (χ0v) is 15.8. The Labute approximate surface area is 160 Å². The van der Waals surface area contributed by atoms with E-state index in [0.717, 1.165) is 12.5 Å². The quantitative estimate of drug-likeness (QED) is 0.668. The van der Waals surface area contributed by atoms with E-state index >= 15 is 0 Å². The van der Waals surface area contributed by atoms with E-state index in [1.165, 1.54) is 4.57 Å². The van der Waals surface area contributed by atoms with Gasteiger partial charge >= 0.3 is 0 Å². The van der Waals surface area contributed by atoms with E-state index in [9.17, 15) is 18.4 Å². The van der Waals surface area contributed by atoms with Gasteiger partial charge in [-0.05, 0) is 25.5 Å². The molecule has 6 nitrogen and oxygen atoms in total. The fourth-order valence-electron chi connectivity index (χ4n) is 3.22. The summed E-state index contributed by atoms with van der Waals surface area (Å²) in [6.07, 6.45) is -1.97. The van der Waals surface area contributed by atoms with Crippen LogP contribution in [0.4, 0.5) is 14.5 Å². The van der Waals surface area contributed by atoms with Crippen LogP contribution in [0.1, 0.15) is 37.4 Å². The van der Waals surface area contributed by atoms with Crippen LogP contribution in [0.25, 0.3) is 11.0 Å². The van der Waals surface area contributed by atoms with Crippen LogP contribution in [0, 0.1) is 6.92 Å². The largest absolute Gasteiger partial charge is 0.326 e. The summed E-state index contributed by atoms with van der Waals surface area (Å²) in [6.45, 7) is 4.29. The van der Waals surface area contributed by atoms with Gasteiger partial charge in [-0.1, -0.05) is 25.1 Å². The summed E-state index contributed by atoms with van der Waals surface area (Å²) < 4.78 is 29.9. The SMILES string of the molecule is CCCn1nc2c(c(C(F)F)cc(=O)n2CCC(=O)Nc2ccccc2)c1C. The van der Waals surface area contributed by atoms with E-state index in [-0.39, 0.29) is 35.5 Å². The molecule has 2 heterocycles. The molecule has 1 N–H and O–H groups in total. The predicted octanol–water partition coefficient (Wildman–Crippen LogP) is 3.88. The number of amides is 1. The van der Waals surface area contributed by atoms with Crippen LogP contribution in [0.15, 0.2) is 41.2 Å². The molecule has 0 unspecified atom stereocenters. The van der Waals surface area contributed by atoms with Crippen molar-refractivity contribution in [1.29, 1.82) is 0 Å². The molecule has 0 saturated carbocycles. The lowest BCUT2D eigenvalue weighted by Gasteiger charge is -2.10. The predicted molar refractivity (Wildman–Crippen MR) is 104 cm³/mol. The maximum absolute atomic E-state index is 13.5. The summed E-state index contributed by atoms with van der Waals surface area (Å²) in [6, 6.07) is 9.91. The number of alkyl halides is 2. The van der Waals surface area contributed by atoms with Crippen molar-refractivity contribution < 1.29 is 13.6 Å². The van der Waals surface area contributed by atoms with Crippen LogP contribution in [0.2, 0.25) is 0 Å². The van der Waals surface area contributed by atoms with Gasteiger partial charge in [-0.2, -0.15) is 5.10 Å². The molecule has 1 amide bonds. The molecule has 148 valence electrons. The number of aryl methyl sites for hydroxylation is 3. The van der Waals surface area contributed by atoms with Crippen molar-refractivity contribution in [2.45, 2.75) is 46.2 Å². The molecule has 0 aliphatic heterocycles. The minimum atomic E-state index is -2.77. The third kappa shape index (κ3) is 3.95. The van der Waals surface area contributed by atoms with Gasteiger partial charge in [0, 0.05) is 47.9 Å². The van der Waals surface area contributed by atoms with E-state index in [1.54, 1.807) is 35.9 Å². The Morgan fingerprint density at radius 2 is 1.93 bits per heavy atom. The van der Waals surface area contributed by atoms with Gasteiger partial charge in [0.25, 0.3) is 12.0 Å². The fraction of sp³-hybridized carbons (Fsp3) is 0.350. The molecule has 0 bridgehead atoms. The van der Waals surface area contributed by atoms with Crippen molar-refractivity contribution in [1.82, 2.24) is 14.3 Å². The number of rotatable bonds is 7. The van der Waals surface area contributed by atoms with Crippen molar-refractivity contribution in [3.8, 4) is 0 Å². The second-order valence-electron chi connectivity index (χ2n) is 6.56. The van der Waals surface area contributed by atoms with Gasteiger partial charge in [0.2, 0.25) is 5.91 Å². The van der Waals surface area contributed by atoms with E-state index in [0.29, 0.717) is 17.9 Å². The number of halogens is 2. The van der Waals surface area contributed by atoms with Crippen LogP contribution in [0.5, 0.6) is 0 Å². The van der Waals surface area contributed by atoms with Gasteiger partial charge in [0.1, 0.15) is 0 Å². The van der Waals surface area contributed by atoms with E-state index in [2.05, 4.69) is 10.4 Å². The molecular formula is C20H22F2N4O2. The van der Waals surface area contributed by atoms with Crippen molar-refractivity contribution in [3.63, 3.8) is 0 Å². The van der Waals surface area contributed by atoms with Crippen LogP contribution < -0.4 is 10.9 Å². The number of pyridine rings is 1. The van der Waals surface area contributed by atoms with Crippen molar-refractivity contribution >= 4 is 22.6 Å². The maximum Gasteiger partial charge on any atom is 0.264 e. The maximum atomic E-state index is 13.5. The molecular weight excluding hydrogens is 366 g/mol. The third-order valence-corrected chi connectivity index (χ3v) is 4.57. The van der Waals surface area contributed by atoms with Crippen LogP contribution in [-0.2, 0) is 17.9 Å². The number of aromatic nitrogens is 3. The molecule has 0 aliphatic rings. The van der Waals surface area contributed by atoms with Crippen molar-refractivity contribution in [2.24, 2.45) is 0 Å². The number of para-hydroxylation sites is 1. The van der Waals surface area contributed by atoms with Gasteiger partial charge < -0.3 is 5.32 Å². The number of nitrogens with zero attached hydrogens (tertiary/aromatic N) is 3. The van der Waals surface area contributed by atoms with Crippen LogP contribution in [0.3, 0.4) is 0 Å². The lowest BCUT2D eigenvalue weighted by atomic mass is 10.1. The highest BCUT2D eigenvalue weighted by atomic mass is 19.3. The number of carbonyl (C=O) groups is 1. The molecule has 0 radical (unpaired) electrons. The molecule has 8 heteroatoms. The molecule has 0 fully saturated rings. The van der Waals surface area contributed by atoms with Gasteiger partial charge in [-0.15, -0.1) is 0 Å². The Morgan fingerprint density at radius 1 is 1.21 bits per heavy atom. The lowest BCUT2D eigenvalue weighted by Crippen LogP contribution is -2.24. The highest BCUT2D eigenvalue weighted by Gasteiger charge is 2.22. The number of carbonyl (C=O) groups excluding carboxylic acids is 1. The van der Waals surface area contributed by atoms with Crippen LogP contribution in [-0.4, -0.2) is 20.3 Å². The second kappa shape index (κ2) is 8.33. The highest BCUT2D eigenvalue weighted by Crippen LogP contribution is 2.29. The average molecular weight is 388 g/mol. The van der Waals surface area contributed by atoms with E-state index in [4.69, 9.17) is 0 Å². The smallest absolute Gasteiger partial charge is 0.264 e. The first-order valence-corrected chi connectivity index (χ1v) is 9.16. The van der Waals surface area contributed by atoms with E-state index < -0.39 is 12.0 Å². The molecule has 0 saturated heterocycles. The summed E-state index contributed by atoms with van der Waals surface area (Å²) in [5.74, 6) is -0.270. The van der Waals surface area contributed by atoms with Crippen molar-refractivity contribution in [2.75, 3.05) is 5.32 Å². The number of anilines is 1. The Bertz CT molecular complexity index is 1040. The number of hydrogen-bond donors (Lipinski definition) is 1. The van der Waals surface area contributed by atoms with Crippen LogP contribution >= 0.6 is 0 Å². The normalized spacial score (nSPS) is 11.3. The molecule has 0 aliphatic carbocycles. The third-order valence-electron chi connectivity index (χ3n) is 4.57. The van der Waals surface area contributed by atoms with E-state index in [1.807, 2.05) is 13.0 Å². The zero-order chi connectivity index (χ0) is 20.3. The monoisotopic (exact) mass is 388 g/mol. The fourth-order valence-corrected chi connectivity index (χ4v) is 3.22. The highest BCUT2D eigenvalue weighted by molar-refractivity contribution is 5.90. The number of benzene rings is 1.